The number of anilines is 2. The average molecular weight is 232 g/mol. The molecule has 0 aliphatic heterocycles. The molecular formula is C11H12N4O2. The Bertz CT molecular complexity index is 550. The minimum atomic E-state index is -0.549. The number of primary amides is 1. The molecule has 4 N–H and O–H groups in total. The molecule has 0 radical (unpaired) electrons. The van der Waals surface area contributed by atoms with Crippen molar-refractivity contribution in [1.29, 1.82) is 0 Å². The molecule has 1 aromatic heterocycles. The van der Waals surface area contributed by atoms with E-state index in [1.54, 1.807) is 13.1 Å². The summed E-state index contributed by atoms with van der Waals surface area (Å²) in [5.41, 5.74) is 12.9. The van der Waals surface area contributed by atoms with Crippen LogP contribution in [0.3, 0.4) is 0 Å². The Morgan fingerprint density at radius 1 is 1.35 bits per heavy atom. The zero-order valence-corrected chi connectivity index (χ0v) is 9.25. The summed E-state index contributed by atoms with van der Waals surface area (Å²) in [6.45, 7) is 0. The van der Waals surface area contributed by atoms with Crippen molar-refractivity contribution in [3.63, 3.8) is 0 Å². The van der Waals surface area contributed by atoms with Crippen LogP contribution in [0.5, 0.6) is 0 Å². The number of nitrogens with zero attached hydrogens (tertiary/aromatic N) is 2. The second kappa shape index (κ2) is 4.17. The molecule has 1 heterocycles. The SMILES string of the molecule is CN(C(N)=O)c1ccccc1-c1cnoc1N. The summed E-state index contributed by atoms with van der Waals surface area (Å²) >= 11 is 0. The maximum atomic E-state index is 11.2. The number of rotatable bonds is 2. The quantitative estimate of drug-likeness (QED) is 0.818. The van der Waals surface area contributed by atoms with Crippen LogP contribution in [0.4, 0.5) is 16.4 Å². The Hall–Kier alpha value is -2.50. The molecule has 0 spiro atoms. The molecule has 88 valence electrons. The summed E-state index contributed by atoms with van der Waals surface area (Å²) in [4.78, 5) is 12.5. The van der Waals surface area contributed by atoms with Crippen molar-refractivity contribution in [2.75, 3.05) is 17.7 Å². The van der Waals surface area contributed by atoms with Crippen LogP contribution in [0, 0.1) is 0 Å². The standard InChI is InChI=1S/C11H12N4O2/c1-15(11(13)16)9-5-3-2-4-7(9)8-6-14-17-10(8)12/h2-6H,12H2,1H3,(H2,13,16). The lowest BCUT2D eigenvalue weighted by Crippen LogP contribution is -2.32. The lowest BCUT2D eigenvalue weighted by Gasteiger charge is -2.17. The number of nitrogens with two attached hydrogens (primary N) is 2. The number of hydrogen-bond donors (Lipinski definition) is 2. The van der Waals surface area contributed by atoms with Crippen molar-refractivity contribution in [3.8, 4) is 11.1 Å². The minimum Gasteiger partial charge on any atom is -0.367 e. The normalized spacial score (nSPS) is 10.2. The van der Waals surface area contributed by atoms with E-state index >= 15 is 0 Å². The van der Waals surface area contributed by atoms with Gasteiger partial charge >= 0.3 is 6.03 Å². The van der Waals surface area contributed by atoms with Gasteiger partial charge in [-0.25, -0.2) is 4.79 Å². The van der Waals surface area contributed by atoms with Gasteiger partial charge in [-0.05, 0) is 6.07 Å². The maximum Gasteiger partial charge on any atom is 0.319 e. The fourth-order valence-corrected chi connectivity index (χ4v) is 1.56. The molecule has 6 heteroatoms. The number of para-hydroxylation sites is 1. The molecule has 0 saturated carbocycles. The highest BCUT2D eigenvalue weighted by Gasteiger charge is 2.15. The number of aromatic nitrogens is 1. The number of urea groups is 1. The predicted octanol–water partition coefficient (Wildman–Crippen LogP) is 1.44. The second-order valence-corrected chi connectivity index (χ2v) is 3.52. The summed E-state index contributed by atoms with van der Waals surface area (Å²) in [6, 6.07) is 6.68. The topological polar surface area (TPSA) is 98.4 Å². The molecule has 2 amide bonds. The first kappa shape index (κ1) is 11.0. The number of carbonyl (C=O) groups excluding carboxylic acids is 1. The van der Waals surface area contributed by atoms with Crippen LogP contribution in [-0.4, -0.2) is 18.2 Å². The smallest absolute Gasteiger partial charge is 0.319 e. The van der Waals surface area contributed by atoms with Gasteiger partial charge in [0.2, 0.25) is 5.88 Å². The van der Waals surface area contributed by atoms with E-state index in [1.165, 1.54) is 11.1 Å². The minimum absolute atomic E-state index is 0.204. The van der Waals surface area contributed by atoms with Crippen molar-refractivity contribution in [2.24, 2.45) is 5.73 Å². The van der Waals surface area contributed by atoms with E-state index < -0.39 is 6.03 Å². The average Bonchev–Trinajstić information content (AvgIpc) is 2.74. The first-order chi connectivity index (χ1) is 8.11. The largest absolute Gasteiger partial charge is 0.367 e. The van der Waals surface area contributed by atoms with E-state index in [1.807, 2.05) is 18.2 Å². The predicted molar refractivity (Wildman–Crippen MR) is 64.3 cm³/mol. The summed E-state index contributed by atoms with van der Waals surface area (Å²) in [7, 11) is 1.59. The zero-order valence-electron chi connectivity index (χ0n) is 9.25. The van der Waals surface area contributed by atoms with Gasteiger partial charge in [-0.2, -0.15) is 0 Å². The Morgan fingerprint density at radius 3 is 2.65 bits per heavy atom. The zero-order chi connectivity index (χ0) is 12.4. The van der Waals surface area contributed by atoms with Gasteiger partial charge in [-0.15, -0.1) is 0 Å². The molecule has 0 aliphatic carbocycles. The highest BCUT2D eigenvalue weighted by atomic mass is 16.5. The van der Waals surface area contributed by atoms with Crippen molar-refractivity contribution in [3.05, 3.63) is 30.5 Å². The maximum absolute atomic E-state index is 11.2. The van der Waals surface area contributed by atoms with Crippen LogP contribution >= 0.6 is 0 Å². The molecule has 0 bridgehead atoms. The Morgan fingerprint density at radius 2 is 2.06 bits per heavy atom. The van der Waals surface area contributed by atoms with Crippen LogP contribution in [0.15, 0.2) is 35.0 Å². The number of benzene rings is 1. The molecule has 6 nitrogen and oxygen atoms in total. The van der Waals surface area contributed by atoms with Crippen molar-refractivity contribution < 1.29 is 9.32 Å². The summed E-state index contributed by atoms with van der Waals surface area (Å²) in [5, 5.41) is 3.61. The van der Waals surface area contributed by atoms with Gasteiger partial charge in [0.05, 0.1) is 17.4 Å². The van der Waals surface area contributed by atoms with Crippen LogP contribution in [0.1, 0.15) is 0 Å². The summed E-state index contributed by atoms with van der Waals surface area (Å²) in [6.07, 6.45) is 1.50. The van der Waals surface area contributed by atoms with E-state index in [2.05, 4.69) is 5.16 Å². The highest BCUT2D eigenvalue weighted by Crippen LogP contribution is 2.33. The molecule has 0 unspecified atom stereocenters. The van der Waals surface area contributed by atoms with Crippen molar-refractivity contribution in [1.82, 2.24) is 5.16 Å². The molecule has 2 aromatic rings. The van der Waals surface area contributed by atoms with E-state index in [9.17, 15) is 4.79 Å². The molecule has 17 heavy (non-hydrogen) atoms. The fraction of sp³-hybridized carbons (Fsp3) is 0.0909. The molecule has 0 fully saturated rings. The number of carbonyl (C=O) groups is 1. The lowest BCUT2D eigenvalue weighted by atomic mass is 10.1. The van der Waals surface area contributed by atoms with Gasteiger partial charge in [-0.1, -0.05) is 23.4 Å². The van der Waals surface area contributed by atoms with Gasteiger partial charge < -0.3 is 16.0 Å². The van der Waals surface area contributed by atoms with Crippen LogP contribution in [-0.2, 0) is 0 Å². The first-order valence-corrected chi connectivity index (χ1v) is 4.94. The molecule has 1 aromatic carbocycles. The van der Waals surface area contributed by atoms with Gasteiger partial charge in [0.1, 0.15) is 0 Å². The summed E-state index contributed by atoms with van der Waals surface area (Å²) in [5.74, 6) is 0.204. The van der Waals surface area contributed by atoms with Crippen LogP contribution in [0.25, 0.3) is 11.1 Å². The van der Waals surface area contributed by atoms with E-state index in [-0.39, 0.29) is 5.88 Å². The van der Waals surface area contributed by atoms with Gasteiger partial charge in [0.25, 0.3) is 0 Å². The fourth-order valence-electron chi connectivity index (χ4n) is 1.56. The first-order valence-electron chi connectivity index (χ1n) is 4.94. The molecule has 0 saturated heterocycles. The van der Waals surface area contributed by atoms with Crippen LogP contribution < -0.4 is 16.4 Å². The van der Waals surface area contributed by atoms with E-state index in [0.29, 0.717) is 11.3 Å². The Labute approximate surface area is 97.8 Å². The summed E-state index contributed by atoms with van der Waals surface area (Å²) < 4.78 is 4.81. The van der Waals surface area contributed by atoms with E-state index in [0.717, 1.165) is 5.56 Å². The van der Waals surface area contributed by atoms with Gasteiger partial charge in [0.15, 0.2) is 0 Å². The lowest BCUT2D eigenvalue weighted by molar-refractivity contribution is 0.255. The molecule has 0 atom stereocenters. The van der Waals surface area contributed by atoms with E-state index in [4.69, 9.17) is 16.0 Å². The highest BCUT2D eigenvalue weighted by molar-refractivity contribution is 5.96. The number of hydrogen-bond acceptors (Lipinski definition) is 4. The van der Waals surface area contributed by atoms with Crippen LogP contribution in [0.2, 0.25) is 0 Å². The molecule has 0 aliphatic rings. The Kier molecular flexibility index (Phi) is 2.70. The van der Waals surface area contributed by atoms with Gasteiger partial charge in [0, 0.05) is 12.6 Å². The monoisotopic (exact) mass is 232 g/mol. The Balaban J connectivity index is 2.56. The van der Waals surface area contributed by atoms with Gasteiger partial charge in [-0.3, -0.25) is 4.90 Å². The third kappa shape index (κ3) is 1.92. The number of nitrogen functional groups attached to an aromatic ring is 1. The third-order valence-corrected chi connectivity index (χ3v) is 2.48. The van der Waals surface area contributed by atoms with Crippen molar-refractivity contribution >= 4 is 17.6 Å². The third-order valence-electron chi connectivity index (χ3n) is 2.48. The second-order valence-electron chi connectivity index (χ2n) is 3.52. The number of amides is 2. The molecule has 2 rings (SSSR count). The van der Waals surface area contributed by atoms with Crippen molar-refractivity contribution in [2.45, 2.75) is 0 Å². The molecular weight excluding hydrogens is 220 g/mol.